The van der Waals surface area contributed by atoms with Crippen LogP contribution < -0.4 is 9.62 Å². The molecule has 0 bridgehead atoms. The van der Waals surface area contributed by atoms with E-state index in [-0.39, 0.29) is 31.3 Å². The molecule has 0 saturated heterocycles. The van der Waals surface area contributed by atoms with Crippen LogP contribution in [-0.2, 0) is 32.6 Å². The van der Waals surface area contributed by atoms with Crippen LogP contribution in [0.5, 0.6) is 0 Å². The summed E-state index contributed by atoms with van der Waals surface area (Å²) in [6.07, 6.45) is 1.85. The second-order valence-corrected chi connectivity index (χ2v) is 11.1. The van der Waals surface area contributed by atoms with Gasteiger partial charge >= 0.3 is 0 Å². The van der Waals surface area contributed by atoms with E-state index in [1.165, 1.54) is 4.31 Å². The highest BCUT2D eigenvalue weighted by atomic mass is 35.5. The zero-order valence-corrected chi connectivity index (χ0v) is 22.6. The summed E-state index contributed by atoms with van der Waals surface area (Å²) in [5.74, 6) is -0.521. The van der Waals surface area contributed by atoms with Gasteiger partial charge in [-0.25, -0.2) is 8.42 Å². The molecule has 0 heterocycles. The summed E-state index contributed by atoms with van der Waals surface area (Å²) in [4.78, 5) is 28.2. The van der Waals surface area contributed by atoms with Crippen molar-refractivity contribution in [3.8, 4) is 0 Å². The third-order valence-corrected chi connectivity index (χ3v) is 7.38. The number of para-hydroxylation sites is 1. The number of likely N-dealkylation sites (N-methyl/N-ethyl adjacent to an activating group) is 1. The molecule has 2 amide bonds. The van der Waals surface area contributed by atoms with E-state index in [1.807, 2.05) is 42.5 Å². The maximum atomic E-state index is 13.6. The summed E-state index contributed by atoms with van der Waals surface area (Å²) >= 11 is 6.18. The molecule has 37 heavy (non-hydrogen) atoms. The molecule has 0 fully saturated rings. The quantitative estimate of drug-likeness (QED) is 0.371. The van der Waals surface area contributed by atoms with Crippen molar-refractivity contribution in [2.45, 2.75) is 31.8 Å². The SMILES string of the molecule is CNC(=O)[C@H](Cc1ccccc1)N(Cc1cccc(Cl)c1)C(=O)CCCN(c1ccccc1)S(C)(=O)=O. The van der Waals surface area contributed by atoms with Gasteiger partial charge in [0.15, 0.2) is 0 Å². The first kappa shape index (κ1) is 28.2. The Hall–Kier alpha value is -3.36. The molecule has 1 N–H and O–H groups in total. The molecule has 0 aliphatic carbocycles. The van der Waals surface area contributed by atoms with Crippen LogP contribution in [0.2, 0.25) is 5.02 Å². The van der Waals surface area contributed by atoms with E-state index in [4.69, 9.17) is 11.6 Å². The van der Waals surface area contributed by atoms with Gasteiger partial charge < -0.3 is 10.2 Å². The molecule has 3 aromatic rings. The minimum atomic E-state index is -3.53. The van der Waals surface area contributed by atoms with Crippen molar-refractivity contribution in [1.82, 2.24) is 10.2 Å². The minimum Gasteiger partial charge on any atom is -0.357 e. The van der Waals surface area contributed by atoms with Gasteiger partial charge in [-0.05, 0) is 41.8 Å². The van der Waals surface area contributed by atoms with Gasteiger partial charge in [-0.1, -0.05) is 72.3 Å². The number of nitrogens with one attached hydrogen (secondary N) is 1. The van der Waals surface area contributed by atoms with Gasteiger partial charge in [0.2, 0.25) is 21.8 Å². The molecular formula is C28H32ClN3O4S. The zero-order chi connectivity index (χ0) is 26.8. The fourth-order valence-electron chi connectivity index (χ4n) is 4.15. The first-order chi connectivity index (χ1) is 17.7. The van der Waals surface area contributed by atoms with Crippen molar-refractivity contribution in [1.29, 1.82) is 0 Å². The average molecular weight is 542 g/mol. The summed E-state index contributed by atoms with van der Waals surface area (Å²) in [6, 6.07) is 24.7. The molecule has 0 saturated carbocycles. The number of hydrogen-bond donors (Lipinski definition) is 1. The monoisotopic (exact) mass is 541 g/mol. The largest absolute Gasteiger partial charge is 0.357 e. The highest BCUT2D eigenvalue weighted by Crippen LogP contribution is 2.20. The molecule has 9 heteroatoms. The van der Waals surface area contributed by atoms with E-state index in [0.29, 0.717) is 23.6 Å². The molecule has 1 atom stereocenters. The van der Waals surface area contributed by atoms with Crippen molar-refractivity contribution in [3.05, 3.63) is 101 Å². The number of benzene rings is 3. The molecule has 0 aliphatic rings. The van der Waals surface area contributed by atoms with E-state index >= 15 is 0 Å². The van der Waals surface area contributed by atoms with E-state index in [0.717, 1.165) is 17.4 Å². The highest BCUT2D eigenvalue weighted by molar-refractivity contribution is 7.92. The van der Waals surface area contributed by atoms with Gasteiger partial charge in [0.25, 0.3) is 0 Å². The van der Waals surface area contributed by atoms with Crippen LogP contribution in [0.25, 0.3) is 0 Å². The van der Waals surface area contributed by atoms with Crippen LogP contribution in [0.1, 0.15) is 24.0 Å². The number of halogens is 1. The Morgan fingerprint density at radius 1 is 0.919 bits per heavy atom. The van der Waals surface area contributed by atoms with Gasteiger partial charge in [-0.15, -0.1) is 0 Å². The number of amides is 2. The van der Waals surface area contributed by atoms with Crippen molar-refractivity contribution in [2.24, 2.45) is 0 Å². The third-order valence-electron chi connectivity index (χ3n) is 5.96. The van der Waals surface area contributed by atoms with E-state index in [1.54, 1.807) is 54.4 Å². The molecule has 0 aromatic heterocycles. The van der Waals surface area contributed by atoms with Crippen LogP contribution in [-0.4, -0.2) is 51.0 Å². The van der Waals surface area contributed by atoms with E-state index in [2.05, 4.69) is 5.32 Å². The molecule has 3 rings (SSSR count). The molecule has 7 nitrogen and oxygen atoms in total. The normalized spacial score (nSPS) is 12.0. The van der Waals surface area contributed by atoms with Gasteiger partial charge in [0, 0.05) is 38.0 Å². The van der Waals surface area contributed by atoms with E-state index < -0.39 is 16.1 Å². The second-order valence-electron chi connectivity index (χ2n) is 8.75. The fraction of sp³-hybridized carbons (Fsp3) is 0.286. The summed E-state index contributed by atoms with van der Waals surface area (Å²) in [5, 5.41) is 3.23. The van der Waals surface area contributed by atoms with Crippen LogP contribution in [0.3, 0.4) is 0 Å². The molecule has 0 radical (unpaired) electrons. The first-order valence-corrected chi connectivity index (χ1v) is 14.2. The standard InChI is InChI=1S/C28H32ClN3O4S/c1-30-28(34)26(20-22-11-5-3-6-12-22)31(21-23-13-9-14-24(29)19-23)27(33)17-10-18-32(37(2,35)36)25-15-7-4-8-16-25/h3-9,11-16,19,26H,10,17-18,20-21H2,1-2H3,(H,30,34)/t26-/m0/s1. The Balaban J connectivity index is 1.83. The summed E-state index contributed by atoms with van der Waals surface area (Å²) in [5.41, 5.74) is 2.26. The zero-order valence-electron chi connectivity index (χ0n) is 21.0. The van der Waals surface area contributed by atoms with Crippen LogP contribution in [0.4, 0.5) is 5.69 Å². The van der Waals surface area contributed by atoms with Crippen molar-refractivity contribution >= 4 is 39.1 Å². The lowest BCUT2D eigenvalue weighted by atomic mass is 10.0. The smallest absolute Gasteiger partial charge is 0.242 e. The van der Waals surface area contributed by atoms with Crippen LogP contribution >= 0.6 is 11.6 Å². The summed E-state index contributed by atoms with van der Waals surface area (Å²) < 4.78 is 26.1. The number of anilines is 1. The number of sulfonamides is 1. The summed E-state index contributed by atoms with van der Waals surface area (Å²) in [6.45, 7) is 0.335. The Labute approximate surface area is 224 Å². The Morgan fingerprint density at radius 2 is 1.54 bits per heavy atom. The fourth-order valence-corrected chi connectivity index (χ4v) is 5.33. The average Bonchev–Trinajstić information content (AvgIpc) is 2.88. The lowest BCUT2D eigenvalue weighted by Gasteiger charge is -2.31. The number of rotatable bonds is 12. The second kappa shape index (κ2) is 13.3. The molecule has 0 unspecified atom stereocenters. The van der Waals surface area contributed by atoms with Gasteiger partial charge in [-0.3, -0.25) is 13.9 Å². The highest BCUT2D eigenvalue weighted by Gasteiger charge is 2.30. The predicted molar refractivity (Wildman–Crippen MR) is 148 cm³/mol. The van der Waals surface area contributed by atoms with Gasteiger partial charge in [0.1, 0.15) is 6.04 Å². The Kier molecular flexibility index (Phi) is 10.1. The lowest BCUT2D eigenvalue weighted by molar-refractivity contribution is -0.141. The topological polar surface area (TPSA) is 86.8 Å². The van der Waals surface area contributed by atoms with Crippen molar-refractivity contribution in [2.75, 3.05) is 24.2 Å². The summed E-state index contributed by atoms with van der Waals surface area (Å²) in [7, 11) is -1.99. The van der Waals surface area contributed by atoms with Crippen LogP contribution in [0.15, 0.2) is 84.9 Å². The predicted octanol–water partition coefficient (Wildman–Crippen LogP) is 4.27. The maximum absolute atomic E-state index is 13.6. The third kappa shape index (κ3) is 8.33. The Bertz CT molecular complexity index is 1290. The van der Waals surface area contributed by atoms with Gasteiger partial charge in [0.05, 0.1) is 11.9 Å². The van der Waals surface area contributed by atoms with E-state index in [9.17, 15) is 18.0 Å². The first-order valence-electron chi connectivity index (χ1n) is 12.0. The lowest BCUT2D eigenvalue weighted by Crippen LogP contribution is -2.49. The van der Waals surface area contributed by atoms with Crippen molar-refractivity contribution < 1.29 is 18.0 Å². The van der Waals surface area contributed by atoms with Crippen molar-refractivity contribution in [3.63, 3.8) is 0 Å². The number of carbonyl (C=O) groups excluding carboxylic acids is 2. The number of carbonyl (C=O) groups is 2. The molecule has 0 aliphatic heterocycles. The molecule has 0 spiro atoms. The molecule has 196 valence electrons. The van der Waals surface area contributed by atoms with Gasteiger partial charge in [-0.2, -0.15) is 0 Å². The Morgan fingerprint density at radius 3 is 2.14 bits per heavy atom. The maximum Gasteiger partial charge on any atom is 0.242 e. The minimum absolute atomic E-state index is 0.0711. The number of hydrogen-bond acceptors (Lipinski definition) is 4. The number of nitrogens with zero attached hydrogens (tertiary/aromatic N) is 2. The van der Waals surface area contributed by atoms with Crippen LogP contribution in [0, 0.1) is 0 Å². The molecular weight excluding hydrogens is 510 g/mol. The molecule has 3 aromatic carbocycles.